The molecule has 28 heavy (non-hydrogen) atoms. The smallest absolute Gasteiger partial charge is 0.227 e. The highest BCUT2D eigenvalue weighted by Crippen LogP contribution is 2.33. The molecule has 0 N–H and O–H groups in total. The lowest BCUT2D eigenvalue weighted by Gasteiger charge is -2.24. The van der Waals surface area contributed by atoms with Crippen LogP contribution in [0.3, 0.4) is 0 Å². The predicted octanol–water partition coefficient (Wildman–Crippen LogP) is 4.40. The Morgan fingerprint density at radius 1 is 1.25 bits per heavy atom. The number of carbonyl (C=O) groups is 1. The number of carbonyl (C=O) groups excluding carboxylic acids is 1. The first kappa shape index (κ1) is 18.3. The molecule has 4 rings (SSSR count). The van der Waals surface area contributed by atoms with Gasteiger partial charge in [-0.25, -0.2) is 4.39 Å². The van der Waals surface area contributed by atoms with Crippen LogP contribution < -0.4 is 0 Å². The van der Waals surface area contributed by atoms with Crippen molar-refractivity contribution >= 4 is 5.91 Å². The molecule has 5 nitrogen and oxygen atoms in total. The maximum absolute atomic E-state index is 13.9. The summed E-state index contributed by atoms with van der Waals surface area (Å²) in [4.78, 5) is 19.2. The van der Waals surface area contributed by atoms with Gasteiger partial charge in [0, 0.05) is 23.9 Å². The zero-order valence-electron chi connectivity index (χ0n) is 16.0. The van der Waals surface area contributed by atoms with Gasteiger partial charge in [0.15, 0.2) is 0 Å². The highest BCUT2D eigenvalue weighted by atomic mass is 19.1. The van der Waals surface area contributed by atoms with Crippen molar-refractivity contribution in [1.82, 2.24) is 15.0 Å². The van der Waals surface area contributed by atoms with Crippen molar-refractivity contribution in [1.29, 1.82) is 0 Å². The molecule has 1 aliphatic rings. The molecule has 144 valence electrons. The van der Waals surface area contributed by atoms with Gasteiger partial charge in [-0.15, -0.1) is 0 Å². The molecule has 1 atom stereocenters. The summed E-state index contributed by atoms with van der Waals surface area (Å²) in [6, 6.07) is 10.3. The lowest BCUT2D eigenvalue weighted by molar-refractivity contribution is -0.131. The molecule has 0 aliphatic carbocycles. The number of aromatic nitrogens is 2. The number of likely N-dealkylation sites (tertiary alicyclic amines) is 1. The van der Waals surface area contributed by atoms with Crippen molar-refractivity contribution in [2.75, 3.05) is 6.54 Å². The van der Waals surface area contributed by atoms with Gasteiger partial charge in [-0.1, -0.05) is 29.4 Å². The molecule has 1 amide bonds. The van der Waals surface area contributed by atoms with Crippen LogP contribution in [0.2, 0.25) is 0 Å². The molecule has 0 saturated carbocycles. The Balaban J connectivity index is 1.53. The van der Waals surface area contributed by atoms with Gasteiger partial charge < -0.3 is 9.42 Å². The van der Waals surface area contributed by atoms with Crippen LogP contribution in [0.5, 0.6) is 0 Å². The van der Waals surface area contributed by atoms with Gasteiger partial charge in [0.2, 0.25) is 5.91 Å². The largest absolute Gasteiger partial charge is 0.361 e. The van der Waals surface area contributed by atoms with Crippen LogP contribution in [0.15, 0.2) is 47.1 Å². The minimum absolute atomic E-state index is 0.0656. The Morgan fingerprint density at radius 3 is 2.75 bits per heavy atom. The second-order valence-electron chi connectivity index (χ2n) is 7.18. The van der Waals surface area contributed by atoms with E-state index in [1.807, 2.05) is 30.9 Å². The van der Waals surface area contributed by atoms with E-state index < -0.39 is 0 Å². The van der Waals surface area contributed by atoms with Gasteiger partial charge in [0.1, 0.15) is 11.6 Å². The third-order valence-electron chi connectivity index (χ3n) is 5.32. The maximum atomic E-state index is 13.9. The highest BCUT2D eigenvalue weighted by molar-refractivity contribution is 5.79. The average Bonchev–Trinajstić information content (AvgIpc) is 3.31. The Morgan fingerprint density at radius 2 is 2.07 bits per heavy atom. The molecule has 0 bridgehead atoms. The fourth-order valence-electron chi connectivity index (χ4n) is 3.92. The summed E-state index contributed by atoms with van der Waals surface area (Å²) in [6.45, 7) is 4.45. The normalized spacial score (nSPS) is 16.5. The SMILES string of the molecule is Cc1noc(C)c1-c1ccc([C@@H]2CCCN2C(=O)Cc2ccccc2F)nc1. The van der Waals surface area contributed by atoms with Crippen molar-refractivity contribution in [3.63, 3.8) is 0 Å². The summed E-state index contributed by atoms with van der Waals surface area (Å²) < 4.78 is 19.1. The minimum atomic E-state index is -0.339. The summed E-state index contributed by atoms with van der Waals surface area (Å²) >= 11 is 0. The molecule has 0 radical (unpaired) electrons. The molecule has 1 aromatic carbocycles. The Labute approximate surface area is 163 Å². The first-order valence-electron chi connectivity index (χ1n) is 9.46. The monoisotopic (exact) mass is 379 g/mol. The standard InChI is InChI=1S/C22H22FN3O2/c1-14-22(15(2)28-25-14)17-9-10-19(24-13-17)20-8-5-11-26(20)21(27)12-16-6-3-4-7-18(16)23/h3-4,6-7,9-10,13,20H,5,8,11-12H2,1-2H3/t20-/m0/s1. The minimum Gasteiger partial charge on any atom is -0.361 e. The molecular weight excluding hydrogens is 357 g/mol. The van der Waals surface area contributed by atoms with E-state index in [4.69, 9.17) is 4.52 Å². The number of amides is 1. The molecule has 6 heteroatoms. The van der Waals surface area contributed by atoms with Crippen molar-refractivity contribution < 1.29 is 13.7 Å². The predicted molar refractivity (Wildman–Crippen MR) is 103 cm³/mol. The molecule has 3 aromatic rings. The van der Waals surface area contributed by atoms with E-state index in [-0.39, 0.29) is 24.2 Å². The second-order valence-corrected chi connectivity index (χ2v) is 7.18. The zero-order valence-corrected chi connectivity index (χ0v) is 16.0. The molecular formula is C22H22FN3O2. The fourth-order valence-corrected chi connectivity index (χ4v) is 3.92. The van der Waals surface area contributed by atoms with E-state index in [2.05, 4.69) is 10.1 Å². The van der Waals surface area contributed by atoms with Crippen LogP contribution in [0, 0.1) is 19.7 Å². The van der Waals surface area contributed by atoms with Crippen LogP contribution in [0.25, 0.3) is 11.1 Å². The Kier molecular flexibility index (Phi) is 4.94. The summed E-state index contributed by atoms with van der Waals surface area (Å²) in [5.74, 6) is 0.354. The number of hydrogen-bond donors (Lipinski definition) is 0. The molecule has 1 fully saturated rings. The molecule has 0 unspecified atom stereocenters. The number of rotatable bonds is 4. The van der Waals surface area contributed by atoms with Crippen molar-refractivity contribution in [2.24, 2.45) is 0 Å². The third kappa shape index (κ3) is 3.42. The van der Waals surface area contributed by atoms with E-state index in [0.29, 0.717) is 12.1 Å². The quantitative estimate of drug-likeness (QED) is 0.674. The van der Waals surface area contributed by atoms with Crippen LogP contribution in [-0.2, 0) is 11.2 Å². The molecule has 1 aliphatic heterocycles. The van der Waals surface area contributed by atoms with Crippen molar-refractivity contribution in [3.8, 4) is 11.1 Å². The fraction of sp³-hybridized carbons (Fsp3) is 0.318. The third-order valence-corrected chi connectivity index (χ3v) is 5.32. The summed E-state index contributed by atoms with van der Waals surface area (Å²) in [7, 11) is 0. The van der Waals surface area contributed by atoms with Crippen LogP contribution in [0.4, 0.5) is 4.39 Å². The maximum Gasteiger partial charge on any atom is 0.227 e. The van der Waals surface area contributed by atoms with E-state index in [9.17, 15) is 9.18 Å². The average molecular weight is 379 g/mol. The van der Waals surface area contributed by atoms with E-state index >= 15 is 0 Å². The van der Waals surface area contributed by atoms with Crippen LogP contribution in [0.1, 0.15) is 41.6 Å². The van der Waals surface area contributed by atoms with Gasteiger partial charge >= 0.3 is 0 Å². The van der Waals surface area contributed by atoms with Gasteiger partial charge in [-0.2, -0.15) is 0 Å². The van der Waals surface area contributed by atoms with E-state index in [0.717, 1.165) is 41.1 Å². The van der Waals surface area contributed by atoms with Crippen LogP contribution in [-0.4, -0.2) is 27.5 Å². The summed E-state index contributed by atoms with van der Waals surface area (Å²) in [5, 5.41) is 3.99. The molecule has 3 heterocycles. The van der Waals surface area contributed by atoms with Crippen LogP contribution >= 0.6 is 0 Å². The topological polar surface area (TPSA) is 59.2 Å². The first-order valence-corrected chi connectivity index (χ1v) is 9.46. The Hall–Kier alpha value is -3.02. The van der Waals surface area contributed by atoms with Gasteiger partial charge in [-0.3, -0.25) is 9.78 Å². The molecule has 1 saturated heterocycles. The number of pyridine rings is 1. The van der Waals surface area contributed by atoms with Gasteiger partial charge in [0.25, 0.3) is 0 Å². The number of aryl methyl sites for hydroxylation is 2. The van der Waals surface area contributed by atoms with E-state index in [1.54, 1.807) is 24.4 Å². The highest BCUT2D eigenvalue weighted by Gasteiger charge is 2.31. The van der Waals surface area contributed by atoms with E-state index in [1.165, 1.54) is 6.07 Å². The number of hydrogen-bond acceptors (Lipinski definition) is 4. The lowest BCUT2D eigenvalue weighted by atomic mass is 10.0. The van der Waals surface area contributed by atoms with Crippen molar-refractivity contribution in [3.05, 3.63) is 71.1 Å². The zero-order chi connectivity index (χ0) is 19.7. The Bertz CT molecular complexity index is 978. The summed E-state index contributed by atoms with van der Waals surface area (Å²) in [5.41, 5.74) is 4.02. The van der Waals surface area contributed by atoms with Gasteiger partial charge in [0.05, 0.1) is 23.9 Å². The second kappa shape index (κ2) is 7.54. The number of halogens is 1. The lowest BCUT2D eigenvalue weighted by Crippen LogP contribution is -2.32. The number of benzene rings is 1. The summed E-state index contributed by atoms with van der Waals surface area (Å²) in [6.07, 6.45) is 3.65. The molecule has 2 aromatic heterocycles. The van der Waals surface area contributed by atoms with Gasteiger partial charge in [-0.05, 0) is 44.4 Å². The number of nitrogens with zero attached hydrogens (tertiary/aromatic N) is 3. The molecule has 0 spiro atoms. The first-order chi connectivity index (χ1) is 13.5. The van der Waals surface area contributed by atoms with Crippen molar-refractivity contribution in [2.45, 2.75) is 39.2 Å².